The Morgan fingerprint density at radius 2 is 1.94 bits per heavy atom. The van der Waals surface area contributed by atoms with Gasteiger partial charge in [-0.3, -0.25) is 10.2 Å². The number of nitrogens with one attached hydrogen (secondary N) is 1. The van der Waals surface area contributed by atoms with Crippen molar-refractivity contribution in [2.45, 2.75) is 20.0 Å². The molecule has 0 aliphatic heterocycles. The number of hydrogen-bond acceptors (Lipinski definition) is 2. The molecule has 2 rings (SSSR count). The van der Waals surface area contributed by atoms with E-state index >= 15 is 0 Å². The molecule has 1 aromatic heterocycles. The monoisotopic (exact) mass is 229 g/mol. The number of rotatable bonds is 4. The second kappa shape index (κ2) is 4.41. The number of allylic oxidation sites excluding steroid dienone is 1. The van der Waals surface area contributed by atoms with Crippen molar-refractivity contribution in [1.82, 2.24) is 9.13 Å². The van der Waals surface area contributed by atoms with Crippen LogP contribution in [0.3, 0.4) is 0 Å². The Hall–Kier alpha value is -2.10. The Balaban J connectivity index is 2.74. The molecule has 2 aromatic rings. The summed E-state index contributed by atoms with van der Waals surface area (Å²) in [7, 11) is 0. The van der Waals surface area contributed by atoms with Crippen LogP contribution in [0.15, 0.2) is 36.9 Å². The van der Waals surface area contributed by atoms with Crippen LogP contribution in [0.4, 0.5) is 0 Å². The highest BCUT2D eigenvalue weighted by Crippen LogP contribution is 2.12. The molecule has 0 fully saturated rings. The van der Waals surface area contributed by atoms with Crippen molar-refractivity contribution in [1.29, 1.82) is 5.41 Å². The van der Waals surface area contributed by atoms with Gasteiger partial charge >= 0.3 is 0 Å². The molecule has 0 saturated heterocycles. The van der Waals surface area contributed by atoms with E-state index in [2.05, 4.69) is 6.58 Å². The van der Waals surface area contributed by atoms with Crippen LogP contribution in [0.25, 0.3) is 11.0 Å². The first-order valence-corrected chi connectivity index (χ1v) is 5.48. The molecule has 4 heteroatoms. The highest BCUT2D eigenvalue weighted by atomic mass is 16.1. The van der Waals surface area contributed by atoms with Gasteiger partial charge in [-0.1, -0.05) is 18.2 Å². The van der Waals surface area contributed by atoms with Gasteiger partial charge in [0.25, 0.3) is 0 Å². The van der Waals surface area contributed by atoms with E-state index in [1.165, 1.54) is 6.92 Å². The van der Waals surface area contributed by atoms with Crippen LogP contribution in [0.2, 0.25) is 0 Å². The lowest BCUT2D eigenvalue weighted by molar-refractivity contribution is -0.117. The van der Waals surface area contributed by atoms with Crippen molar-refractivity contribution < 1.29 is 4.79 Å². The van der Waals surface area contributed by atoms with Gasteiger partial charge in [0, 0.05) is 6.54 Å². The minimum Gasteiger partial charge on any atom is -0.307 e. The maximum absolute atomic E-state index is 11.2. The summed E-state index contributed by atoms with van der Waals surface area (Å²) in [6, 6.07) is 7.72. The normalized spacial score (nSPS) is 10.6. The molecule has 1 aromatic carbocycles. The standard InChI is InChI=1S/C13H15N3O/c1-3-8-15-11-6-4-5-7-12(11)16(13(15)14)9-10(2)17/h3-7,14H,1,8-9H2,2H3. The van der Waals surface area contributed by atoms with Gasteiger partial charge in [0.1, 0.15) is 5.78 Å². The van der Waals surface area contributed by atoms with Gasteiger partial charge in [-0.15, -0.1) is 6.58 Å². The summed E-state index contributed by atoms with van der Waals surface area (Å²) in [6.07, 6.45) is 1.75. The number of nitrogens with zero attached hydrogens (tertiary/aromatic N) is 2. The molecule has 0 amide bonds. The number of Topliss-reactive ketones (excluding diaryl/α,β-unsaturated/α-hetero) is 1. The SMILES string of the molecule is C=CCn1c(=N)n(CC(C)=O)c2ccccc21. The minimum atomic E-state index is 0.0463. The summed E-state index contributed by atoms with van der Waals surface area (Å²) in [5.41, 5.74) is 2.20. The number of benzene rings is 1. The molecule has 88 valence electrons. The number of imidazole rings is 1. The molecule has 4 nitrogen and oxygen atoms in total. The Morgan fingerprint density at radius 1 is 1.35 bits per heavy atom. The topological polar surface area (TPSA) is 50.8 Å². The van der Waals surface area contributed by atoms with Crippen molar-refractivity contribution in [3.05, 3.63) is 42.5 Å². The number of hydrogen-bond donors (Lipinski definition) is 1. The fourth-order valence-corrected chi connectivity index (χ4v) is 1.99. The van der Waals surface area contributed by atoms with Gasteiger partial charge in [-0.05, 0) is 19.1 Å². The number of fused-ring (bicyclic) bond motifs is 1. The zero-order chi connectivity index (χ0) is 12.4. The van der Waals surface area contributed by atoms with Crippen molar-refractivity contribution >= 4 is 16.8 Å². The molecular formula is C13H15N3O. The first kappa shape index (κ1) is 11.4. The second-order valence-corrected chi connectivity index (χ2v) is 4.00. The number of carbonyl (C=O) groups is 1. The van der Waals surface area contributed by atoms with Crippen LogP contribution >= 0.6 is 0 Å². The lowest BCUT2D eigenvalue weighted by Crippen LogP contribution is -2.26. The van der Waals surface area contributed by atoms with E-state index < -0.39 is 0 Å². The molecule has 0 spiro atoms. The number of aromatic nitrogens is 2. The van der Waals surface area contributed by atoms with Crippen LogP contribution in [0.5, 0.6) is 0 Å². The van der Waals surface area contributed by atoms with E-state index in [1.54, 1.807) is 10.6 Å². The molecule has 0 saturated carbocycles. The maximum atomic E-state index is 11.2. The quantitative estimate of drug-likeness (QED) is 0.797. The van der Waals surface area contributed by atoms with Gasteiger partial charge in [0.05, 0.1) is 17.6 Å². The van der Waals surface area contributed by atoms with Crippen molar-refractivity contribution in [3.63, 3.8) is 0 Å². The van der Waals surface area contributed by atoms with Crippen LogP contribution in [-0.2, 0) is 17.9 Å². The fraction of sp³-hybridized carbons (Fsp3) is 0.231. The van der Waals surface area contributed by atoms with E-state index in [9.17, 15) is 4.79 Å². The fourth-order valence-electron chi connectivity index (χ4n) is 1.99. The summed E-state index contributed by atoms with van der Waals surface area (Å²) >= 11 is 0. The lowest BCUT2D eigenvalue weighted by atomic mass is 10.3. The van der Waals surface area contributed by atoms with Gasteiger partial charge in [-0.2, -0.15) is 0 Å². The van der Waals surface area contributed by atoms with E-state index in [0.717, 1.165) is 11.0 Å². The predicted molar refractivity (Wildman–Crippen MR) is 66.7 cm³/mol. The van der Waals surface area contributed by atoms with Crippen molar-refractivity contribution in [2.24, 2.45) is 0 Å². The number of para-hydroxylation sites is 2. The molecule has 1 heterocycles. The number of ketones is 1. The molecule has 0 unspecified atom stereocenters. The second-order valence-electron chi connectivity index (χ2n) is 4.00. The van der Waals surface area contributed by atoms with Crippen LogP contribution in [0, 0.1) is 5.41 Å². The Bertz CT molecular complexity index is 634. The average Bonchev–Trinajstić information content (AvgIpc) is 2.55. The van der Waals surface area contributed by atoms with Gasteiger partial charge in [0.2, 0.25) is 5.62 Å². The molecular weight excluding hydrogens is 214 g/mol. The summed E-state index contributed by atoms with van der Waals surface area (Å²) in [5.74, 6) is 0.0463. The Kier molecular flexibility index (Phi) is 2.95. The highest BCUT2D eigenvalue weighted by molar-refractivity contribution is 5.80. The zero-order valence-electron chi connectivity index (χ0n) is 9.81. The summed E-state index contributed by atoms with van der Waals surface area (Å²) in [4.78, 5) is 11.2. The molecule has 0 bridgehead atoms. The highest BCUT2D eigenvalue weighted by Gasteiger charge is 2.10. The van der Waals surface area contributed by atoms with Gasteiger partial charge in [-0.25, -0.2) is 0 Å². The third-order valence-electron chi connectivity index (χ3n) is 2.67. The minimum absolute atomic E-state index is 0.0463. The average molecular weight is 229 g/mol. The van der Waals surface area contributed by atoms with Gasteiger partial charge in [0.15, 0.2) is 0 Å². The van der Waals surface area contributed by atoms with Crippen LogP contribution in [0.1, 0.15) is 6.92 Å². The zero-order valence-corrected chi connectivity index (χ0v) is 9.81. The van der Waals surface area contributed by atoms with Crippen molar-refractivity contribution in [2.75, 3.05) is 0 Å². The molecule has 0 atom stereocenters. The van der Waals surface area contributed by atoms with Crippen LogP contribution < -0.4 is 5.62 Å². The first-order valence-electron chi connectivity index (χ1n) is 5.48. The van der Waals surface area contributed by atoms with Crippen molar-refractivity contribution in [3.8, 4) is 0 Å². The van der Waals surface area contributed by atoms with E-state index in [0.29, 0.717) is 12.2 Å². The molecule has 0 radical (unpaired) electrons. The van der Waals surface area contributed by atoms with E-state index in [1.807, 2.05) is 28.8 Å². The predicted octanol–water partition coefficient (Wildman–Crippen LogP) is 1.70. The van der Waals surface area contributed by atoms with E-state index in [-0.39, 0.29) is 12.3 Å². The van der Waals surface area contributed by atoms with Gasteiger partial charge < -0.3 is 9.13 Å². The third kappa shape index (κ3) is 1.93. The molecule has 0 aliphatic rings. The molecule has 1 N–H and O–H groups in total. The lowest BCUT2D eigenvalue weighted by Gasteiger charge is -2.00. The largest absolute Gasteiger partial charge is 0.307 e. The smallest absolute Gasteiger partial charge is 0.203 e. The third-order valence-corrected chi connectivity index (χ3v) is 2.67. The maximum Gasteiger partial charge on any atom is 0.203 e. The molecule has 17 heavy (non-hydrogen) atoms. The molecule has 0 aliphatic carbocycles. The summed E-state index contributed by atoms with van der Waals surface area (Å²) in [6.45, 7) is 6.04. The first-order chi connectivity index (χ1) is 8.15. The Labute approximate surface area is 99.3 Å². The number of carbonyl (C=O) groups excluding carboxylic acids is 1. The summed E-state index contributed by atoms with van der Waals surface area (Å²) in [5, 5.41) is 8.10. The van der Waals surface area contributed by atoms with E-state index in [4.69, 9.17) is 5.41 Å². The van der Waals surface area contributed by atoms with Crippen LogP contribution in [-0.4, -0.2) is 14.9 Å². The Morgan fingerprint density at radius 3 is 2.47 bits per heavy atom. The summed E-state index contributed by atoms with van der Waals surface area (Å²) < 4.78 is 3.56.